The summed E-state index contributed by atoms with van der Waals surface area (Å²) in [6.07, 6.45) is 4.43. The Morgan fingerprint density at radius 3 is 2.62 bits per heavy atom. The van der Waals surface area contributed by atoms with Crippen molar-refractivity contribution >= 4 is 22.6 Å². The maximum atomic E-state index is 11.5. The van der Waals surface area contributed by atoms with E-state index in [0.29, 0.717) is 6.54 Å². The predicted octanol–water partition coefficient (Wildman–Crippen LogP) is 0.512. The van der Waals surface area contributed by atoms with Crippen molar-refractivity contribution in [2.24, 2.45) is 5.73 Å². The molecule has 5 nitrogen and oxygen atoms in total. The molecule has 98 valence electrons. The fourth-order valence-electron chi connectivity index (χ4n) is 1.83. The highest BCUT2D eigenvalue weighted by molar-refractivity contribution is 7.87. The topological polar surface area (TPSA) is 84.2 Å². The van der Waals surface area contributed by atoms with Gasteiger partial charge in [-0.15, -0.1) is 12.4 Å². The van der Waals surface area contributed by atoms with Crippen LogP contribution in [0.4, 0.5) is 0 Å². The molecule has 1 fully saturated rings. The molecule has 0 aliphatic heterocycles. The van der Waals surface area contributed by atoms with E-state index >= 15 is 0 Å². The summed E-state index contributed by atoms with van der Waals surface area (Å²) in [5, 5.41) is 0. The van der Waals surface area contributed by atoms with Gasteiger partial charge in [0.1, 0.15) is 0 Å². The first-order valence-electron chi connectivity index (χ1n) is 5.56. The van der Waals surface area contributed by atoms with Gasteiger partial charge in [0.05, 0.1) is 0 Å². The third kappa shape index (κ3) is 6.00. The first-order chi connectivity index (χ1) is 7.03. The molecular formula is C9H22ClN3O2S. The van der Waals surface area contributed by atoms with Gasteiger partial charge in [-0.1, -0.05) is 13.3 Å². The number of nitrogens with two attached hydrogens (primary N) is 1. The lowest BCUT2D eigenvalue weighted by Crippen LogP contribution is -2.46. The highest BCUT2D eigenvalue weighted by Gasteiger charge is 2.23. The zero-order valence-corrected chi connectivity index (χ0v) is 11.2. The van der Waals surface area contributed by atoms with Crippen LogP contribution in [0.1, 0.15) is 39.0 Å². The number of hydrogen-bond acceptors (Lipinski definition) is 3. The molecule has 0 bridgehead atoms. The Morgan fingerprint density at radius 2 is 2.06 bits per heavy atom. The van der Waals surface area contributed by atoms with Gasteiger partial charge in [0.25, 0.3) is 10.2 Å². The fourth-order valence-corrected chi connectivity index (χ4v) is 3.04. The molecule has 1 rings (SSSR count). The molecule has 1 aliphatic rings. The van der Waals surface area contributed by atoms with Gasteiger partial charge in [-0.2, -0.15) is 13.1 Å². The third-order valence-corrected chi connectivity index (χ3v) is 3.81. The summed E-state index contributed by atoms with van der Waals surface area (Å²) in [7, 11) is -3.32. The molecule has 0 aromatic rings. The van der Waals surface area contributed by atoms with Gasteiger partial charge >= 0.3 is 0 Å². The van der Waals surface area contributed by atoms with Crippen molar-refractivity contribution in [3.05, 3.63) is 0 Å². The van der Waals surface area contributed by atoms with Crippen LogP contribution in [0.3, 0.4) is 0 Å². The summed E-state index contributed by atoms with van der Waals surface area (Å²) in [5.41, 5.74) is 5.79. The van der Waals surface area contributed by atoms with Crippen LogP contribution < -0.4 is 15.2 Å². The van der Waals surface area contributed by atoms with E-state index in [1.54, 1.807) is 0 Å². The molecule has 2 atom stereocenters. The lowest BCUT2D eigenvalue weighted by Gasteiger charge is -2.27. The number of rotatable bonds is 5. The Labute approximate surface area is 104 Å². The van der Waals surface area contributed by atoms with E-state index in [2.05, 4.69) is 9.44 Å². The summed E-state index contributed by atoms with van der Waals surface area (Å²) >= 11 is 0. The highest BCUT2D eigenvalue weighted by atomic mass is 35.5. The van der Waals surface area contributed by atoms with E-state index in [-0.39, 0.29) is 24.5 Å². The largest absolute Gasteiger partial charge is 0.328 e. The third-order valence-electron chi connectivity index (χ3n) is 2.58. The smallest absolute Gasteiger partial charge is 0.277 e. The van der Waals surface area contributed by atoms with Gasteiger partial charge in [-0.05, 0) is 25.7 Å². The molecule has 2 unspecified atom stereocenters. The second-order valence-corrected chi connectivity index (χ2v) is 5.67. The van der Waals surface area contributed by atoms with E-state index in [9.17, 15) is 8.42 Å². The first-order valence-corrected chi connectivity index (χ1v) is 7.04. The van der Waals surface area contributed by atoms with E-state index in [4.69, 9.17) is 5.73 Å². The Balaban J connectivity index is 0.00000225. The molecule has 0 radical (unpaired) electrons. The highest BCUT2D eigenvalue weighted by Crippen LogP contribution is 2.17. The molecule has 1 saturated carbocycles. The molecule has 0 saturated heterocycles. The van der Waals surface area contributed by atoms with Crippen LogP contribution in [0.25, 0.3) is 0 Å². The van der Waals surface area contributed by atoms with Gasteiger partial charge in [0.15, 0.2) is 0 Å². The maximum absolute atomic E-state index is 11.5. The SMILES string of the molecule is CCCNS(=O)(=O)NC1CCCC(N)C1.Cl. The minimum absolute atomic E-state index is 0. The lowest BCUT2D eigenvalue weighted by atomic mass is 9.92. The van der Waals surface area contributed by atoms with Crippen molar-refractivity contribution in [3.63, 3.8) is 0 Å². The Bertz CT molecular complexity index is 284. The van der Waals surface area contributed by atoms with E-state index < -0.39 is 10.2 Å². The van der Waals surface area contributed by atoms with Crippen molar-refractivity contribution in [2.45, 2.75) is 51.1 Å². The van der Waals surface area contributed by atoms with Crippen LogP contribution in [0, 0.1) is 0 Å². The molecule has 0 amide bonds. The lowest BCUT2D eigenvalue weighted by molar-refractivity contribution is 0.369. The average molecular weight is 272 g/mol. The molecule has 0 aromatic carbocycles. The van der Waals surface area contributed by atoms with Gasteiger partial charge in [0, 0.05) is 18.6 Å². The Morgan fingerprint density at radius 1 is 1.38 bits per heavy atom. The van der Waals surface area contributed by atoms with Crippen LogP contribution in [-0.4, -0.2) is 27.0 Å². The minimum Gasteiger partial charge on any atom is -0.328 e. The maximum Gasteiger partial charge on any atom is 0.277 e. The molecule has 1 aliphatic carbocycles. The molecule has 16 heavy (non-hydrogen) atoms. The summed E-state index contributed by atoms with van der Waals surface area (Å²) in [4.78, 5) is 0. The normalized spacial score (nSPS) is 26.1. The Kier molecular flexibility index (Phi) is 7.50. The van der Waals surface area contributed by atoms with Crippen LogP contribution in [0.15, 0.2) is 0 Å². The van der Waals surface area contributed by atoms with Gasteiger partial charge in [0.2, 0.25) is 0 Å². The molecule has 4 N–H and O–H groups in total. The second kappa shape index (κ2) is 7.45. The van der Waals surface area contributed by atoms with Gasteiger partial charge in [-0.3, -0.25) is 0 Å². The second-order valence-electron chi connectivity index (χ2n) is 4.14. The zero-order chi connectivity index (χ0) is 11.3. The van der Waals surface area contributed by atoms with Crippen LogP contribution >= 0.6 is 12.4 Å². The summed E-state index contributed by atoms with van der Waals surface area (Å²) < 4.78 is 28.1. The van der Waals surface area contributed by atoms with Crippen LogP contribution in [0.5, 0.6) is 0 Å². The Hall–Kier alpha value is 0.120. The molecule has 0 spiro atoms. The van der Waals surface area contributed by atoms with E-state index in [0.717, 1.165) is 32.1 Å². The van der Waals surface area contributed by atoms with Crippen molar-refractivity contribution < 1.29 is 8.42 Å². The first kappa shape index (κ1) is 16.1. The fraction of sp³-hybridized carbons (Fsp3) is 1.00. The minimum atomic E-state index is -3.32. The van der Waals surface area contributed by atoms with Crippen molar-refractivity contribution in [1.29, 1.82) is 0 Å². The quantitative estimate of drug-likeness (QED) is 0.681. The summed E-state index contributed by atoms with van der Waals surface area (Å²) in [5.74, 6) is 0. The van der Waals surface area contributed by atoms with E-state index in [1.165, 1.54) is 0 Å². The molecule has 0 aromatic heterocycles. The predicted molar refractivity (Wildman–Crippen MR) is 67.8 cm³/mol. The van der Waals surface area contributed by atoms with Crippen LogP contribution in [-0.2, 0) is 10.2 Å². The zero-order valence-electron chi connectivity index (χ0n) is 9.61. The van der Waals surface area contributed by atoms with Crippen molar-refractivity contribution in [2.75, 3.05) is 6.54 Å². The molecular weight excluding hydrogens is 250 g/mol. The number of hydrogen-bond donors (Lipinski definition) is 3. The van der Waals surface area contributed by atoms with Gasteiger partial charge < -0.3 is 5.73 Å². The monoisotopic (exact) mass is 271 g/mol. The van der Waals surface area contributed by atoms with E-state index in [1.807, 2.05) is 6.92 Å². The van der Waals surface area contributed by atoms with Gasteiger partial charge in [-0.25, -0.2) is 4.72 Å². The average Bonchev–Trinajstić information content (AvgIpc) is 2.14. The molecule has 7 heteroatoms. The summed E-state index contributed by atoms with van der Waals surface area (Å²) in [6.45, 7) is 2.41. The molecule has 0 heterocycles. The number of halogens is 1. The van der Waals surface area contributed by atoms with Crippen molar-refractivity contribution in [3.8, 4) is 0 Å². The standard InChI is InChI=1S/C9H21N3O2S.ClH/c1-2-6-11-15(13,14)12-9-5-3-4-8(10)7-9;/h8-9,11-12H,2-7,10H2,1H3;1H. The number of nitrogens with one attached hydrogen (secondary N) is 2. The van der Waals surface area contributed by atoms with Crippen molar-refractivity contribution in [1.82, 2.24) is 9.44 Å². The van der Waals surface area contributed by atoms with Crippen LogP contribution in [0.2, 0.25) is 0 Å². The summed E-state index contributed by atoms with van der Waals surface area (Å²) in [6, 6.07) is 0.140.